The lowest BCUT2D eigenvalue weighted by Crippen LogP contribution is -2.03. The van der Waals surface area contributed by atoms with Gasteiger partial charge in [-0.05, 0) is 48.7 Å². The maximum atomic E-state index is 12.2. The van der Waals surface area contributed by atoms with Gasteiger partial charge in [-0.25, -0.2) is 0 Å². The number of aromatic nitrogens is 1. The van der Waals surface area contributed by atoms with Gasteiger partial charge >= 0.3 is 5.97 Å². The number of hydrogen-bond acceptors (Lipinski definition) is 4. The maximum Gasteiger partial charge on any atom is 0.305 e. The highest BCUT2D eigenvalue weighted by atomic mass is 16.5. The number of aromatic amines is 1. The van der Waals surface area contributed by atoms with E-state index in [0.717, 1.165) is 28.1 Å². The number of nitrogens with two attached hydrogens (primary N) is 1. The van der Waals surface area contributed by atoms with Crippen LogP contribution in [0.3, 0.4) is 0 Å². The van der Waals surface area contributed by atoms with Crippen molar-refractivity contribution in [2.45, 2.75) is 19.8 Å². The minimum atomic E-state index is -0.241. The molecule has 1 aromatic heterocycles. The van der Waals surface area contributed by atoms with E-state index in [1.54, 1.807) is 18.2 Å². The first-order valence-electron chi connectivity index (χ1n) is 7.66. The van der Waals surface area contributed by atoms with Crippen LogP contribution >= 0.6 is 0 Å². The lowest BCUT2D eigenvalue weighted by atomic mass is 10.0. The number of aryl methyl sites for hydroxylation is 1. The molecule has 0 bridgehead atoms. The molecule has 6 nitrogen and oxygen atoms in total. The van der Waals surface area contributed by atoms with Crippen LogP contribution in [0, 0.1) is 6.92 Å². The molecular formula is C18H19N3O3. The van der Waals surface area contributed by atoms with Gasteiger partial charge in [-0.3, -0.25) is 9.59 Å². The summed E-state index contributed by atoms with van der Waals surface area (Å²) in [6, 6.07) is 5.34. The summed E-state index contributed by atoms with van der Waals surface area (Å²) in [5.41, 5.74) is 11.4. The lowest BCUT2D eigenvalue weighted by Gasteiger charge is -2.02. The number of ether oxygens (including phenoxy) is 1. The quantitative estimate of drug-likeness (QED) is 0.457. The molecule has 2 aromatic rings. The molecule has 0 saturated carbocycles. The molecule has 4 N–H and O–H groups in total. The third-order valence-corrected chi connectivity index (χ3v) is 4.23. The van der Waals surface area contributed by atoms with Crippen LogP contribution in [0.1, 0.15) is 28.8 Å². The number of nitrogen functional groups attached to an aromatic ring is 1. The van der Waals surface area contributed by atoms with Crippen molar-refractivity contribution < 1.29 is 14.3 Å². The van der Waals surface area contributed by atoms with Crippen molar-refractivity contribution in [1.82, 2.24) is 4.98 Å². The molecule has 1 aliphatic heterocycles. The molecule has 0 atom stereocenters. The summed E-state index contributed by atoms with van der Waals surface area (Å²) in [6.07, 6.45) is 4.59. The summed E-state index contributed by atoms with van der Waals surface area (Å²) in [5.74, 6) is -0.393. The number of hydrogen-bond donors (Lipinski definition) is 3. The first kappa shape index (κ1) is 15.9. The summed E-state index contributed by atoms with van der Waals surface area (Å²) in [5, 5.41) is 2.83. The molecule has 2 heterocycles. The molecule has 1 aliphatic rings. The number of rotatable bonds is 4. The van der Waals surface area contributed by atoms with E-state index in [1.807, 2.05) is 19.2 Å². The number of anilines is 2. The Balaban J connectivity index is 1.90. The third kappa shape index (κ3) is 2.90. The van der Waals surface area contributed by atoms with Crippen LogP contribution in [-0.4, -0.2) is 24.0 Å². The number of fused-ring (bicyclic) bond motifs is 1. The first-order valence-corrected chi connectivity index (χ1v) is 7.66. The summed E-state index contributed by atoms with van der Waals surface area (Å²) in [7, 11) is 1.38. The van der Waals surface area contributed by atoms with E-state index in [2.05, 4.69) is 15.0 Å². The van der Waals surface area contributed by atoms with Gasteiger partial charge in [-0.15, -0.1) is 0 Å². The average Bonchev–Trinajstić information content (AvgIpc) is 3.06. The Labute approximate surface area is 139 Å². The number of methoxy groups -OCH3 is 1. The van der Waals surface area contributed by atoms with Gasteiger partial charge < -0.3 is 20.8 Å². The smallest absolute Gasteiger partial charge is 0.305 e. The average molecular weight is 325 g/mol. The van der Waals surface area contributed by atoms with Crippen molar-refractivity contribution in [2.75, 3.05) is 18.2 Å². The molecule has 6 heteroatoms. The van der Waals surface area contributed by atoms with Crippen LogP contribution in [0.4, 0.5) is 11.4 Å². The molecule has 0 unspecified atom stereocenters. The molecule has 24 heavy (non-hydrogen) atoms. The van der Waals surface area contributed by atoms with Crippen LogP contribution in [0.5, 0.6) is 0 Å². The highest BCUT2D eigenvalue weighted by Crippen LogP contribution is 2.34. The van der Waals surface area contributed by atoms with E-state index >= 15 is 0 Å². The van der Waals surface area contributed by atoms with Gasteiger partial charge in [0.15, 0.2) is 0 Å². The van der Waals surface area contributed by atoms with Crippen molar-refractivity contribution in [3.05, 3.63) is 46.8 Å². The second kappa shape index (κ2) is 6.23. The molecule has 0 spiro atoms. The van der Waals surface area contributed by atoms with Gasteiger partial charge in [-0.2, -0.15) is 0 Å². The monoisotopic (exact) mass is 325 g/mol. The van der Waals surface area contributed by atoms with Crippen LogP contribution < -0.4 is 11.1 Å². The second-order valence-electron chi connectivity index (χ2n) is 5.75. The van der Waals surface area contributed by atoms with Crippen LogP contribution in [-0.2, 0) is 20.7 Å². The molecule has 0 radical (unpaired) electrons. The number of carbonyl (C=O) groups excluding carboxylic acids is 2. The summed E-state index contributed by atoms with van der Waals surface area (Å²) >= 11 is 0. The molecule has 0 fully saturated rings. The maximum absolute atomic E-state index is 12.2. The van der Waals surface area contributed by atoms with Crippen LogP contribution in [0.25, 0.3) is 11.6 Å². The Bertz CT molecular complexity index is 849. The van der Waals surface area contributed by atoms with E-state index < -0.39 is 0 Å². The predicted molar refractivity (Wildman–Crippen MR) is 93.2 cm³/mol. The number of carbonyl (C=O) groups is 2. The van der Waals surface area contributed by atoms with Gasteiger partial charge in [0.25, 0.3) is 5.91 Å². The number of H-pyrrole nitrogens is 1. The van der Waals surface area contributed by atoms with Gasteiger partial charge in [-0.1, -0.05) is 0 Å². The SMILES string of the molecule is COC(=O)CCc1c[nH]c(C=C2C(=O)Nc3ccc(N)cc32)c1C. The molecular weight excluding hydrogens is 306 g/mol. The topological polar surface area (TPSA) is 97.2 Å². The Morgan fingerprint density at radius 3 is 2.92 bits per heavy atom. The van der Waals surface area contributed by atoms with Gasteiger partial charge in [0.1, 0.15) is 0 Å². The highest BCUT2D eigenvalue weighted by molar-refractivity contribution is 6.35. The number of nitrogens with one attached hydrogen (secondary N) is 2. The zero-order valence-corrected chi connectivity index (χ0v) is 13.6. The molecule has 0 aliphatic carbocycles. The Morgan fingerprint density at radius 1 is 1.38 bits per heavy atom. The van der Waals surface area contributed by atoms with Crippen LogP contribution in [0.2, 0.25) is 0 Å². The van der Waals surface area contributed by atoms with Crippen molar-refractivity contribution in [1.29, 1.82) is 0 Å². The van der Waals surface area contributed by atoms with Crippen molar-refractivity contribution in [2.24, 2.45) is 0 Å². The van der Waals surface area contributed by atoms with Crippen LogP contribution in [0.15, 0.2) is 24.4 Å². The largest absolute Gasteiger partial charge is 0.469 e. The number of benzene rings is 1. The molecule has 1 aromatic carbocycles. The predicted octanol–water partition coefficient (Wildman–Crippen LogP) is 2.50. The Morgan fingerprint density at radius 2 is 2.17 bits per heavy atom. The molecule has 0 saturated heterocycles. The first-order chi connectivity index (χ1) is 11.5. The highest BCUT2D eigenvalue weighted by Gasteiger charge is 2.24. The van der Waals surface area contributed by atoms with E-state index in [1.165, 1.54) is 7.11 Å². The fraction of sp³-hybridized carbons (Fsp3) is 0.222. The molecule has 124 valence electrons. The van der Waals surface area contributed by atoms with E-state index in [4.69, 9.17) is 5.73 Å². The number of amides is 1. The summed E-state index contributed by atoms with van der Waals surface area (Å²) < 4.78 is 4.66. The fourth-order valence-corrected chi connectivity index (χ4v) is 2.80. The minimum absolute atomic E-state index is 0.152. The second-order valence-corrected chi connectivity index (χ2v) is 5.75. The number of esters is 1. The standard InChI is InChI=1S/C18H19N3O3/c1-10-11(3-6-17(22)24-2)9-20-16(10)8-14-13-7-12(19)4-5-15(13)21-18(14)23/h4-5,7-9,20H,3,6,19H2,1-2H3,(H,21,23). The van der Waals surface area contributed by atoms with Crippen molar-refractivity contribution in [3.63, 3.8) is 0 Å². The van der Waals surface area contributed by atoms with E-state index in [-0.39, 0.29) is 11.9 Å². The minimum Gasteiger partial charge on any atom is -0.469 e. The van der Waals surface area contributed by atoms with Gasteiger partial charge in [0.05, 0.1) is 12.7 Å². The third-order valence-electron chi connectivity index (χ3n) is 4.23. The summed E-state index contributed by atoms with van der Waals surface area (Å²) in [6.45, 7) is 1.96. The zero-order valence-electron chi connectivity index (χ0n) is 13.6. The van der Waals surface area contributed by atoms with Crippen molar-refractivity contribution in [3.8, 4) is 0 Å². The normalized spacial score (nSPS) is 14.6. The van der Waals surface area contributed by atoms with E-state index in [0.29, 0.717) is 24.1 Å². The van der Waals surface area contributed by atoms with Crippen molar-refractivity contribution >= 4 is 34.9 Å². The zero-order chi connectivity index (χ0) is 17.3. The van der Waals surface area contributed by atoms with E-state index in [9.17, 15) is 9.59 Å². The lowest BCUT2D eigenvalue weighted by molar-refractivity contribution is -0.140. The fourth-order valence-electron chi connectivity index (χ4n) is 2.80. The molecule has 1 amide bonds. The van der Waals surface area contributed by atoms with Gasteiger partial charge in [0.2, 0.25) is 0 Å². The molecule has 3 rings (SSSR count). The Kier molecular flexibility index (Phi) is 4.12. The van der Waals surface area contributed by atoms with Gasteiger partial charge in [0, 0.05) is 35.2 Å². The summed E-state index contributed by atoms with van der Waals surface area (Å²) in [4.78, 5) is 26.7. The Hall–Kier alpha value is -3.02.